The van der Waals surface area contributed by atoms with Gasteiger partial charge >= 0.3 is 0 Å². The summed E-state index contributed by atoms with van der Waals surface area (Å²) in [5.74, 6) is 1.47. The van der Waals surface area contributed by atoms with Gasteiger partial charge in [0.2, 0.25) is 10.0 Å². The van der Waals surface area contributed by atoms with Gasteiger partial charge < -0.3 is 9.30 Å². The second-order valence-electron chi connectivity index (χ2n) is 7.40. The van der Waals surface area contributed by atoms with Crippen molar-refractivity contribution in [3.63, 3.8) is 0 Å². The van der Waals surface area contributed by atoms with Crippen molar-refractivity contribution < 1.29 is 13.2 Å². The number of sulfonamides is 1. The van der Waals surface area contributed by atoms with Crippen molar-refractivity contribution in [1.82, 2.24) is 22.6 Å². The van der Waals surface area contributed by atoms with E-state index in [-0.39, 0.29) is 4.90 Å². The highest BCUT2D eigenvalue weighted by Gasteiger charge is 2.31. The summed E-state index contributed by atoms with van der Waals surface area (Å²) in [6.45, 7) is 4.52. The lowest BCUT2D eigenvalue weighted by atomic mass is 9.94. The number of piperidine rings is 1. The first-order chi connectivity index (χ1) is 14.0. The standard InChI is InChI=1S/C19H25N5O3S2/c1-14-13-20-18(24(14)10-11-27-2)12-15-6-8-23(9-7-15)29(25,26)17-5-3-4-16-19(17)22-28-21-16/h3-5,13,15H,6-12H2,1-2H3. The molecule has 0 unspecified atom stereocenters. The fourth-order valence-electron chi connectivity index (χ4n) is 3.90. The van der Waals surface area contributed by atoms with Gasteiger partial charge in [-0.05, 0) is 37.8 Å². The van der Waals surface area contributed by atoms with Gasteiger partial charge in [0, 0.05) is 45.1 Å². The van der Waals surface area contributed by atoms with Crippen LogP contribution in [0.15, 0.2) is 29.3 Å². The molecule has 3 heterocycles. The van der Waals surface area contributed by atoms with Gasteiger partial charge in [0.15, 0.2) is 0 Å². The predicted octanol–water partition coefficient (Wildman–Crippen LogP) is 2.49. The highest BCUT2D eigenvalue weighted by molar-refractivity contribution is 7.89. The van der Waals surface area contributed by atoms with Crippen LogP contribution < -0.4 is 0 Å². The van der Waals surface area contributed by atoms with E-state index in [1.807, 2.05) is 6.20 Å². The molecule has 0 spiro atoms. The highest BCUT2D eigenvalue weighted by atomic mass is 32.2. The van der Waals surface area contributed by atoms with E-state index < -0.39 is 10.0 Å². The summed E-state index contributed by atoms with van der Waals surface area (Å²) in [6.07, 6.45) is 4.39. The molecule has 1 aliphatic heterocycles. The third-order valence-electron chi connectivity index (χ3n) is 5.57. The maximum Gasteiger partial charge on any atom is 0.245 e. The van der Waals surface area contributed by atoms with E-state index in [2.05, 4.69) is 25.2 Å². The molecule has 0 atom stereocenters. The van der Waals surface area contributed by atoms with Crippen LogP contribution in [0.25, 0.3) is 11.0 Å². The van der Waals surface area contributed by atoms with Gasteiger partial charge in [-0.3, -0.25) is 0 Å². The molecule has 1 aliphatic rings. The number of aromatic nitrogens is 4. The zero-order chi connectivity index (χ0) is 20.4. The quantitative estimate of drug-likeness (QED) is 0.566. The Hall–Kier alpha value is -1.88. The van der Waals surface area contributed by atoms with Gasteiger partial charge in [-0.1, -0.05) is 6.07 Å². The number of fused-ring (bicyclic) bond motifs is 1. The first-order valence-corrected chi connectivity index (χ1v) is 11.9. The van der Waals surface area contributed by atoms with Crippen LogP contribution in [0.5, 0.6) is 0 Å². The molecule has 0 N–H and O–H groups in total. The fourth-order valence-corrected chi connectivity index (χ4v) is 6.12. The Morgan fingerprint density at radius 3 is 2.79 bits per heavy atom. The molecular weight excluding hydrogens is 410 g/mol. The third-order valence-corrected chi connectivity index (χ3v) is 8.04. The number of hydrogen-bond donors (Lipinski definition) is 0. The summed E-state index contributed by atoms with van der Waals surface area (Å²) in [4.78, 5) is 4.83. The molecule has 3 aromatic rings. The average Bonchev–Trinajstić information content (AvgIpc) is 3.33. The molecule has 4 rings (SSSR count). The van der Waals surface area contributed by atoms with Crippen LogP contribution in [0, 0.1) is 12.8 Å². The van der Waals surface area contributed by atoms with Crippen molar-refractivity contribution in [2.45, 2.75) is 37.6 Å². The summed E-state index contributed by atoms with van der Waals surface area (Å²) in [7, 11) is -1.87. The average molecular weight is 436 g/mol. The molecule has 1 saturated heterocycles. The highest BCUT2D eigenvalue weighted by Crippen LogP contribution is 2.29. The molecule has 0 radical (unpaired) electrons. The molecule has 29 heavy (non-hydrogen) atoms. The molecule has 0 amide bonds. The Morgan fingerprint density at radius 2 is 2.03 bits per heavy atom. The second-order valence-corrected chi connectivity index (χ2v) is 9.83. The normalized spacial score (nSPS) is 16.6. The number of ether oxygens (including phenoxy) is 1. The van der Waals surface area contributed by atoms with Crippen molar-refractivity contribution in [2.75, 3.05) is 26.8 Å². The molecule has 1 fully saturated rings. The number of rotatable bonds is 7. The molecule has 0 saturated carbocycles. The zero-order valence-electron chi connectivity index (χ0n) is 16.6. The summed E-state index contributed by atoms with van der Waals surface area (Å²) in [6, 6.07) is 5.14. The minimum Gasteiger partial charge on any atom is -0.383 e. The Morgan fingerprint density at radius 1 is 1.24 bits per heavy atom. The van der Waals surface area contributed by atoms with Crippen LogP contribution in [0.4, 0.5) is 0 Å². The number of nitrogens with zero attached hydrogens (tertiary/aromatic N) is 5. The third kappa shape index (κ3) is 4.07. The number of methoxy groups -OCH3 is 1. The van der Waals surface area contributed by atoms with E-state index in [1.54, 1.807) is 29.6 Å². The Bertz CT molecular complexity index is 1080. The van der Waals surface area contributed by atoms with Crippen LogP contribution >= 0.6 is 11.7 Å². The van der Waals surface area contributed by atoms with Crippen LogP contribution in [0.3, 0.4) is 0 Å². The van der Waals surface area contributed by atoms with E-state index in [1.165, 1.54) is 0 Å². The summed E-state index contributed by atoms with van der Waals surface area (Å²) in [5.41, 5.74) is 2.22. The Balaban J connectivity index is 1.44. The minimum absolute atomic E-state index is 0.257. The zero-order valence-corrected chi connectivity index (χ0v) is 18.2. The monoisotopic (exact) mass is 435 g/mol. The van der Waals surface area contributed by atoms with Crippen molar-refractivity contribution >= 4 is 32.8 Å². The summed E-state index contributed by atoms with van der Waals surface area (Å²) in [5, 5.41) is 0. The van der Waals surface area contributed by atoms with Crippen molar-refractivity contribution in [2.24, 2.45) is 5.92 Å². The molecule has 0 bridgehead atoms. The SMILES string of the molecule is COCCn1c(C)cnc1CC1CCN(S(=O)(=O)c2cccc3nsnc23)CC1. The van der Waals surface area contributed by atoms with Gasteiger partial charge in [-0.2, -0.15) is 13.1 Å². The van der Waals surface area contributed by atoms with Crippen molar-refractivity contribution in [3.05, 3.63) is 35.9 Å². The number of imidazole rings is 1. The minimum atomic E-state index is -3.57. The van der Waals surface area contributed by atoms with E-state index in [0.717, 1.165) is 49.1 Å². The lowest BCUT2D eigenvalue weighted by Crippen LogP contribution is -2.39. The van der Waals surface area contributed by atoms with Gasteiger partial charge in [-0.15, -0.1) is 0 Å². The van der Waals surface area contributed by atoms with Crippen LogP contribution in [-0.2, 0) is 27.7 Å². The van der Waals surface area contributed by atoms with Crippen molar-refractivity contribution in [1.29, 1.82) is 0 Å². The van der Waals surface area contributed by atoms with E-state index in [0.29, 0.717) is 36.6 Å². The maximum absolute atomic E-state index is 13.2. The van der Waals surface area contributed by atoms with E-state index in [4.69, 9.17) is 4.74 Å². The molecule has 0 aliphatic carbocycles. The second kappa shape index (κ2) is 8.47. The first kappa shape index (κ1) is 20.4. The van der Waals surface area contributed by atoms with Gasteiger partial charge in [-0.25, -0.2) is 13.4 Å². The van der Waals surface area contributed by atoms with Crippen molar-refractivity contribution in [3.8, 4) is 0 Å². The lowest BCUT2D eigenvalue weighted by Gasteiger charge is -2.31. The van der Waals surface area contributed by atoms with Gasteiger partial charge in [0.25, 0.3) is 0 Å². The maximum atomic E-state index is 13.2. The molecule has 156 valence electrons. The summed E-state index contributed by atoms with van der Waals surface area (Å²) < 4.78 is 43.7. The summed E-state index contributed by atoms with van der Waals surface area (Å²) >= 11 is 1.04. The molecule has 2 aromatic heterocycles. The Kier molecular flexibility index (Phi) is 5.95. The molecule has 10 heteroatoms. The number of aryl methyl sites for hydroxylation is 1. The van der Waals surface area contributed by atoms with Gasteiger partial charge in [0.1, 0.15) is 21.8 Å². The smallest absolute Gasteiger partial charge is 0.245 e. The molecule has 8 nitrogen and oxygen atoms in total. The fraction of sp³-hybridized carbons (Fsp3) is 0.526. The van der Waals surface area contributed by atoms with Crippen LogP contribution in [-0.4, -0.2) is 57.8 Å². The topological polar surface area (TPSA) is 90.2 Å². The molecular formula is C19H25N5O3S2. The Labute approximate surface area is 174 Å². The van der Waals surface area contributed by atoms with Crippen LogP contribution in [0.2, 0.25) is 0 Å². The van der Waals surface area contributed by atoms with Crippen LogP contribution in [0.1, 0.15) is 24.4 Å². The van der Waals surface area contributed by atoms with Gasteiger partial charge in [0.05, 0.1) is 18.3 Å². The predicted molar refractivity (Wildman–Crippen MR) is 111 cm³/mol. The molecule has 1 aromatic carbocycles. The first-order valence-electron chi connectivity index (χ1n) is 9.72. The van der Waals surface area contributed by atoms with E-state index in [9.17, 15) is 8.42 Å². The lowest BCUT2D eigenvalue weighted by molar-refractivity contribution is 0.184. The van der Waals surface area contributed by atoms with E-state index >= 15 is 0 Å². The number of hydrogen-bond acceptors (Lipinski definition) is 7. The number of benzene rings is 1. The largest absolute Gasteiger partial charge is 0.383 e.